The molecule has 0 fully saturated rings. The maximum Gasteiger partial charge on any atom is 0.290 e. The first-order valence-corrected chi connectivity index (χ1v) is 5.18. The van der Waals surface area contributed by atoms with Gasteiger partial charge in [0.05, 0.1) is 18.1 Å². The van der Waals surface area contributed by atoms with Gasteiger partial charge in [0.25, 0.3) is 5.69 Å². The van der Waals surface area contributed by atoms with E-state index in [0.717, 1.165) is 0 Å². The number of aliphatic hydroxyl groups excluding tert-OH is 2. The van der Waals surface area contributed by atoms with Crippen LogP contribution in [0.3, 0.4) is 0 Å². The molecule has 7 nitrogen and oxygen atoms in total. The van der Waals surface area contributed by atoms with Gasteiger partial charge in [-0.15, -0.1) is 0 Å². The number of hydrogen-bond acceptors (Lipinski definition) is 6. The van der Waals surface area contributed by atoms with Gasteiger partial charge in [-0.1, -0.05) is 0 Å². The van der Waals surface area contributed by atoms with Crippen molar-refractivity contribution in [2.24, 2.45) is 0 Å². The van der Waals surface area contributed by atoms with E-state index < -0.39 is 4.92 Å². The fraction of sp³-hybridized carbons (Fsp3) is 0.500. The number of nitrogens with zero attached hydrogens (tertiary/aromatic N) is 3. The number of nitro groups is 1. The molecule has 0 aliphatic rings. The van der Waals surface area contributed by atoms with Gasteiger partial charge in [-0.3, -0.25) is 10.1 Å². The quantitative estimate of drug-likeness (QED) is 0.541. The van der Waals surface area contributed by atoms with E-state index in [2.05, 4.69) is 4.98 Å². The van der Waals surface area contributed by atoms with Crippen LogP contribution in [0, 0.1) is 17.0 Å². The van der Waals surface area contributed by atoms with Crippen molar-refractivity contribution in [3.63, 3.8) is 0 Å². The number of rotatable bonds is 6. The van der Waals surface area contributed by atoms with Crippen molar-refractivity contribution in [3.8, 4) is 0 Å². The topological polar surface area (TPSA) is 99.7 Å². The van der Waals surface area contributed by atoms with Crippen molar-refractivity contribution < 1.29 is 15.1 Å². The smallest absolute Gasteiger partial charge is 0.290 e. The molecule has 0 saturated carbocycles. The zero-order chi connectivity index (χ0) is 12.8. The minimum absolute atomic E-state index is 0.0401. The first kappa shape index (κ1) is 13.3. The average molecular weight is 241 g/mol. The third-order valence-corrected chi connectivity index (χ3v) is 2.33. The molecule has 0 atom stereocenters. The van der Waals surface area contributed by atoms with Crippen LogP contribution in [0.2, 0.25) is 0 Å². The fourth-order valence-corrected chi connectivity index (χ4v) is 1.48. The fourth-order valence-electron chi connectivity index (χ4n) is 1.48. The lowest BCUT2D eigenvalue weighted by Gasteiger charge is -2.21. The summed E-state index contributed by atoms with van der Waals surface area (Å²) in [5.41, 5.74) is 0.461. The summed E-state index contributed by atoms with van der Waals surface area (Å²) in [6.45, 7) is 2.13. The molecule has 0 spiro atoms. The van der Waals surface area contributed by atoms with Crippen molar-refractivity contribution in [3.05, 3.63) is 27.9 Å². The van der Waals surface area contributed by atoms with Gasteiger partial charge in [0, 0.05) is 18.7 Å². The molecule has 2 N–H and O–H groups in total. The predicted octanol–water partition coefficient (Wildman–Crippen LogP) is 0.0892. The molecule has 94 valence electrons. The van der Waals surface area contributed by atoms with E-state index in [1.54, 1.807) is 17.9 Å². The number of aliphatic hydroxyl groups is 2. The molecule has 1 aromatic rings. The highest BCUT2D eigenvalue weighted by Crippen LogP contribution is 2.20. The molecule has 0 aliphatic carbocycles. The molecule has 17 heavy (non-hydrogen) atoms. The Bertz CT molecular complexity index is 391. The number of hydrogen-bond donors (Lipinski definition) is 2. The Labute approximate surface area is 98.5 Å². The summed E-state index contributed by atoms with van der Waals surface area (Å²) >= 11 is 0. The summed E-state index contributed by atoms with van der Waals surface area (Å²) in [4.78, 5) is 15.8. The van der Waals surface area contributed by atoms with Gasteiger partial charge in [-0.05, 0) is 13.0 Å². The lowest BCUT2D eigenvalue weighted by atomic mass is 10.2. The largest absolute Gasteiger partial charge is 0.395 e. The Morgan fingerprint density at radius 1 is 1.41 bits per heavy atom. The number of aromatic nitrogens is 1. The SMILES string of the molecule is Cc1cc(N(CCO)CCO)ncc1[N+](=O)[O-]. The molecule has 1 heterocycles. The van der Waals surface area contributed by atoms with Crippen molar-refractivity contribution in [1.82, 2.24) is 4.98 Å². The number of aryl methyl sites for hydroxylation is 1. The second-order valence-electron chi connectivity index (χ2n) is 3.52. The summed E-state index contributed by atoms with van der Waals surface area (Å²) in [6, 6.07) is 1.57. The molecule has 0 aromatic carbocycles. The molecule has 0 saturated heterocycles. The Balaban J connectivity index is 2.97. The molecular weight excluding hydrogens is 226 g/mol. The highest BCUT2D eigenvalue weighted by molar-refractivity contribution is 5.48. The van der Waals surface area contributed by atoms with Crippen molar-refractivity contribution >= 4 is 11.5 Å². The Morgan fingerprint density at radius 2 is 2.00 bits per heavy atom. The zero-order valence-electron chi connectivity index (χ0n) is 9.54. The van der Waals surface area contributed by atoms with Gasteiger partial charge < -0.3 is 15.1 Å². The minimum Gasteiger partial charge on any atom is -0.395 e. The number of anilines is 1. The molecule has 0 bridgehead atoms. The maximum atomic E-state index is 10.6. The summed E-state index contributed by atoms with van der Waals surface area (Å²) in [5, 5.41) is 28.4. The third-order valence-electron chi connectivity index (χ3n) is 2.33. The summed E-state index contributed by atoms with van der Waals surface area (Å²) in [7, 11) is 0. The van der Waals surface area contributed by atoms with E-state index in [-0.39, 0.29) is 18.9 Å². The minimum atomic E-state index is -0.492. The third kappa shape index (κ3) is 3.36. The summed E-state index contributed by atoms with van der Waals surface area (Å²) in [5.74, 6) is 0.510. The zero-order valence-corrected chi connectivity index (χ0v) is 9.54. The van der Waals surface area contributed by atoms with Crippen LogP contribution in [-0.4, -0.2) is 46.4 Å². The normalized spacial score (nSPS) is 10.3. The summed E-state index contributed by atoms with van der Waals surface area (Å²) < 4.78 is 0. The number of pyridine rings is 1. The second kappa shape index (κ2) is 6.12. The summed E-state index contributed by atoms with van der Waals surface area (Å²) in [6.07, 6.45) is 1.19. The van der Waals surface area contributed by atoms with Crippen LogP contribution >= 0.6 is 0 Å². The predicted molar refractivity (Wildman–Crippen MR) is 62.0 cm³/mol. The van der Waals surface area contributed by atoms with Gasteiger partial charge in [0.1, 0.15) is 12.0 Å². The average Bonchev–Trinajstić information content (AvgIpc) is 2.28. The van der Waals surface area contributed by atoms with Crippen molar-refractivity contribution in [1.29, 1.82) is 0 Å². The van der Waals surface area contributed by atoms with Crippen LogP contribution < -0.4 is 4.90 Å². The molecule has 1 rings (SSSR count). The Kier molecular flexibility index (Phi) is 4.80. The van der Waals surface area contributed by atoms with E-state index >= 15 is 0 Å². The van der Waals surface area contributed by atoms with Crippen molar-refractivity contribution in [2.75, 3.05) is 31.2 Å². The van der Waals surface area contributed by atoms with Gasteiger partial charge in [-0.25, -0.2) is 4.98 Å². The van der Waals surface area contributed by atoms with E-state index in [0.29, 0.717) is 24.5 Å². The van der Waals surface area contributed by atoms with Gasteiger partial charge in [-0.2, -0.15) is 0 Å². The molecule has 7 heteroatoms. The highest BCUT2D eigenvalue weighted by Gasteiger charge is 2.14. The molecule has 0 aliphatic heterocycles. The lowest BCUT2D eigenvalue weighted by molar-refractivity contribution is -0.385. The second-order valence-corrected chi connectivity index (χ2v) is 3.52. The first-order valence-electron chi connectivity index (χ1n) is 5.18. The van der Waals surface area contributed by atoms with Crippen molar-refractivity contribution in [2.45, 2.75) is 6.92 Å². The van der Waals surface area contributed by atoms with Crippen LogP contribution in [0.1, 0.15) is 5.56 Å². The highest BCUT2D eigenvalue weighted by atomic mass is 16.6. The van der Waals surface area contributed by atoms with Gasteiger partial charge >= 0.3 is 0 Å². The maximum absolute atomic E-state index is 10.6. The van der Waals surface area contributed by atoms with E-state index in [4.69, 9.17) is 10.2 Å². The van der Waals surface area contributed by atoms with E-state index in [1.807, 2.05) is 0 Å². The molecular formula is C10H15N3O4. The van der Waals surface area contributed by atoms with Gasteiger partial charge in [0.2, 0.25) is 0 Å². The molecule has 1 aromatic heterocycles. The molecule has 0 unspecified atom stereocenters. The Hall–Kier alpha value is -1.73. The van der Waals surface area contributed by atoms with E-state index in [1.165, 1.54) is 6.20 Å². The molecule has 0 radical (unpaired) electrons. The van der Waals surface area contributed by atoms with Crippen LogP contribution in [0.15, 0.2) is 12.3 Å². The monoisotopic (exact) mass is 241 g/mol. The van der Waals surface area contributed by atoms with E-state index in [9.17, 15) is 10.1 Å². The first-order chi connectivity index (χ1) is 8.10. The van der Waals surface area contributed by atoms with Crippen LogP contribution in [0.5, 0.6) is 0 Å². The van der Waals surface area contributed by atoms with Gasteiger partial charge in [0.15, 0.2) is 0 Å². The lowest BCUT2D eigenvalue weighted by Crippen LogP contribution is -2.30. The molecule has 0 amide bonds. The van der Waals surface area contributed by atoms with Crippen LogP contribution in [-0.2, 0) is 0 Å². The standard InChI is InChI=1S/C10H15N3O4/c1-8-6-10(11-7-9(8)13(16)17)12(2-4-14)3-5-15/h6-7,14-15H,2-5H2,1H3. The van der Waals surface area contributed by atoms with Crippen LogP contribution in [0.4, 0.5) is 11.5 Å². The Morgan fingerprint density at radius 3 is 2.41 bits per heavy atom. The van der Waals surface area contributed by atoms with Crippen LogP contribution in [0.25, 0.3) is 0 Å².